The van der Waals surface area contributed by atoms with E-state index in [0.29, 0.717) is 24.2 Å². The van der Waals surface area contributed by atoms with Gasteiger partial charge in [-0.2, -0.15) is 4.98 Å². The van der Waals surface area contributed by atoms with Gasteiger partial charge in [0.1, 0.15) is 6.04 Å². The fourth-order valence-electron chi connectivity index (χ4n) is 1.92. The summed E-state index contributed by atoms with van der Waals surface area (Å²) in [7, 11) is 0. The molecule has 1 unspecified atom stereocenters. The summed E-state index contributed by atoms with van der Waals surface area (Å²) in [4.78, 5) is 15.2. The Balaban J connectivity index is 1.56. The molecule has 6 nitrogen and oxygen atoms in total. The molecule has 0 aromatic carbocycles. The van der Waals surface area contributed by atoms with Gasteiger partial charge in [0, 0.05) is 5.92 Å². The summed E-state index contributed by atoms with van der Waals surface area (Å²) >= 11 is 0. The van der Waals surface area contributed by atoms with Crippen molar-refractivity contribution in [2.24, 2.45) is 5.92 Å². The van der Waals surface area contributed by atoms with Crippen molar-refractivity contribution >= 4 is 5.97 Å². The van der Waals surface area contributed by atoms with E-state index < -0.39 is 12.0 Å². The number of carboxylic acid groups (broad SMARTS) is 1. The van der Waals surface area contributed by atoms with Crippen molar-refractivity contribution in [3.05, 3.63) is 11.7 Å². The Bertz CT molecular complexity index is 423. The first-order valence-electron chi connectivity index (χ1n) is 6.02. The molecule has 17 heavy (non-hydrogen) atoms. The minimum Gasteiger partial charge on any atom is -0.480 e. The second-order valence-electron chi connectivity index (χ2n) is 4.86. The lowest BCUT2D eigenvalue weighted by atomic mass is 10.2. The molecule has 1 heterocycles. The normalized spacial score (nSPS) is 21.4. The Labute approximate surface area is 98.4 Å². The van der Waals surface area contributed by atoms with Crippen molar-refractivity contribution in [2.75, 3.05) is 0 Å². The number of nitrogens with zero attached hydrogens (tertiary/aromatic N) is 2. The van der Waals surface area contributed by atoms with Crippen molar-refractivity contribution in [1.29, 1.82) is 0 Å². The van der Waals surface area contributed by atoms with Crippen LogP contribution in [0.15, 0.2) is 4.52 Å². The predicted molar refractivity (Wildman–Crippen MR) is 57.3 cm³/mol. The molecule has 92 valence electrons. The zero-order valence-corrected chi connectivity index (χ0v) is 9.43. The van der Waals surface area contributed by atoms with Gasteiger partial charge in [0.15, 0.2) is 5.82 Å². The second kappa shape index (κ2) is 4.10. The summed E-state index contributed by atoms with van der Waals surface area (Å²) in [6.07, 6.45) is 4.22. The van der Waals surface area contributed by atoms with Gasteiger partial charge in [-0.25, -0.2) is 0 Å². The first-order valence-corrected chi connectivity index (χ1v) is 6.02. The first kappa shape index (κ1) is 10.7. The number of aromatic nitrogens is 2. The summed E-state index contributed by atoms with van der Waals surface area (Å²) in [5.74, 6) is 1.16. The van der Waals surface area contributed by atoms with Crippen LogP contribution in [0.1, 0.15) is 43.3 Å². The summed E-state index contributed by atoms with van der Waals surface area (Å²) in [6, 6.07) is -0.474. The molecule has 0 bridgehead atoms. The monoisotopic (exact) mass is 237 g/mol. The summed E-state index contributed by atoms with van der Waals surface area (Å²) in [5, 5.41) is 15.9. The maximum atomic E-state index is 11.0. The zero-order chi connectivity index (χ0) is 11.8. The third-order valence-corrected chi connectivity index (χ3v) is 3.25. The Morgan fingerprint density at radius 3 is 2.82 bits per heavy atom. The van der Waals surface area contributed by atoms with E-state index in [-0.39, 0.29) is 5.92 Å². The second-order valence-corrected chi connectivity index (χ2v) is 4.86. The molecule has 2 fully saturated rings. The number of hydrogen-bond donors (Lipinski definition) is 2. The first-order chi connectivity index (χ1) is 8.24. The van der Waals surface area contributed by atoms with Crippen LogP contribution in [-0.2, 0) is 11.3 Å². The molecule has 0 saturated heterocycles. The van der Waals surface area contributed by atoms with Gasteiger partial charge < -0.3 is 9.63 Å². The zero-order valence-electron chi connectivity index (χ0n) is 9.43. The van der Waals surface area contributed by atoms with Gasteiger partial charge >= 0.3 is 5.97 Å². The Morgan fingerprint density at radius 1 is 1.47 bits per heavy atom. The lowest BCUT2D eigenvalue weighted by molar-refractivity contribution is -0.140. The quantitative estimate of drug-likeness (QED) is 0.764. The smallest absolute Gasteiger partial charge is 0.320 e. The predicted octanol–water partition coefficient (Wildman–Crippen LogP) is 0.900. The summed E-state index contributed by atoms with van der Waals surface area (Å²) in [6.45, 7) is 0.365. The van der Waals surface area contributed by atoms with Crippen LogP contribution >= 0.6 is 0 Å². The highest BCUT2D eigenvalue weighted by atomic mass is 16.5. The number of rotatable bonds is 6. The number of nitrogens with one attached hydrogen (secondary N) is 1. The molecule has 1 aromatic rings. The lowest BCUT2D eigenvalue weighted by Crippen LogP contribution is -2.38. The van der Waals surface area contributed by atoms with E-state index in [0.717, 1.165) is 25.7 Å². The fourth-order valence-corrected chi connectivity index (χ4v) is 1.92. The number of hydrogen-bond acceptors (Lipinski definition) is 5. The lowest BCUT2D eigenvalue weighted by Gasteiger charge is -2.11. The van der Waals surface area contributed by atoms with Crippen LogP contribution < -0.4 is 5.32 Å². The molecule has 2 N–H and O–H groups in total. The molecule has 2 aliphatic carbocycles. The minimum atomic E-state index is -0.793. The van der Waals surface area contributed by atoms with Gasteiger partial charge in [-0.15, -0.1) is 0 Å². The average Bonchev–Trinajstić information content (AvgIpc) is 3.19. The largest absolute Gasteiger partial charge is 0.480 e. The van der Waals surface area contributed by atoms with Gasteiger partial charge in [-0.3, -0.25) is 10.1 Å². The van der Waals surface area contributed by atoms with Crippen molar-refractivity contribution in [3.8, 4) is 0 Å². The molecule has 0 spiro atoms. The molecule has 1 aromatic heterocycles. The summed E-state index contributed by atoms with van der Waals surface area (Å²) in [5.41, 5.74) is 0. The van der Waals surface area contributed by atoms with E-state index in [9.17, 15) is 4.79 Å². The topological polar surface area (TPSA) is 88.2 Å². The van der Waals surface area contributed by atoms with Crippen LogP contribution in [0, 0.1) is 5.92 Å². The Hall–Kier alpha value is -1.43. The number of carbonyl (C=O) groups is 1. The summed E-state index contributed by atoms with van der Waals surface area (Å²) < 4.78 is 5.11. The standard InChI is InChI=1S/C11H15N3O3/c15-11(16)9(6-1-2-6)12-5-8-13-10(17-14-8)7-3-4-7/h6-7,9,12H,1-5H2,(H,15,16). The molecule has 0 radical (unpaired) electrons. The molecule has 3 rings (SSSR count). The van der Waals surface area contributed by atoms with E-state index in [1.165, 1.54) is 0 Å². The van der Waals surface area contributed by atoms with Gasteiger partial charge in [0.25, 0.3) is 0 Å². The molecule has 2 saturated carbocycles. The third-order valence-electron chi connectivity index (χ3n) is 3.25. The SMILES string of the molecule is O=C(O)C(NCc1noc(C2CC2)n1)C1CC1. The molecule has 1 atom stereocenters. The molecule has 0 aliphatic heterocycles. The van der Waals surface area contributed by atoms with E-state index in [2.05, 4.69) is 15.5 Å². The number of carboxylic acids is 1. The molecular formula is C11H15N3O3. The highest BCUT2D eigenvalue weighted by molar-refractivity contribution is 5.74. The Kier molecular flexibility index (Phi) is 2.58. The van der Waals surface area contributed by atoms with Crippen molar-refractivity contribution in [1.82, 2.24) is 15.5 Å². The van der Waals surface area contributed by atoms with Crippen LogP contribution in [0.3, 0.4) is 0 Å². The molecule has 2 aliphatic rings. The van der Waals surface area contributed by atoms with Gasteiger partial charge in [-0.05, 0) is 31.6 Å². The van der Waals surface area contributed by atoms with E-state index in [1.807, 2.05) is 0 Å². The molecule has 0 amide bonds. The van der Waals surface area contributed by atoms with Gasteiger partial charge in [-0.1, -0.05) is 5.16 Å². The van der Waals surface area contributed by atoms with E-state index in [1.54, 1.807) is 0 Å². The van der Waals surface area contributed by atoms with Crippen molar-refractivity contribution in [2.45, 2.75) is 44.2 Å². The number of aliphatic carboxylic acids is 1. The van der Waals surface area contributed by atoms with Crippen LogP contribution in [0.2, 0.25) is 0 Å². The van der Waals surface area contributed by atoms with Gasteiger partial charge in [0.2, 0.25) is 5.89 Å². The van der Waals surface area contributed by atoms with Crippen molar-refractivity contribution in [3.63, 3.8) is 0 Å². The van der Waals surface area contributed by atoms with Crippen molar-refractivity contribution < 1.29 is 14.4 Å². The maximum absolute atomic E-state index is 11.0. The highest BCUT2D eigenvalue weighted by Gasteiger charge is 2.36. The van der Waals surface area contributed by atoms with Crippen LogP contribution in [0.4, 0.5) is 0 Å². The average molecular weight is 237 g/mol. The minimum absolute atomic E-state index is 0.266. The highest BCUT2D eigenvalue weighted by Crippen LogP contribution is 2.38. The third kappa shape index (κ3) is 2.46. The Morgan fingerprint density at radius 2 is 2.24 bits per heavy atom. The van der Waals surface area contributed by atoms with E-state index >= 15 is 0 Å². The van der Waals surface area contributed by atoms with Crippen LogP contribution in [0.5, 0.6) is 0 Å². The van der Waals surface area contributed by atoms with E-state index in [4.69, 9.17) is 9.63 Å². The fraction of sp³-hybridized carbons (Fsp3) is 0.727. The molecule has 6 heteroatoms. The van der Waals surface area contributed by atoms with Crippen LogP contribution in [0.25, 0.3) is 0 Å². The van der Waals surface area contributed by atoms with Gasteiger partial charge in [0.05, 0.1) is 6.54 Å². The molecular weight excluding hydrogens is 222 g/mol. The van der Waals surface area contributed by atoms with Crippen LogP contribution in [-0.4, -0.2) is 27.3 Å². The maximum Gasteiger partial charge on any atom is 0.320 e.